The van der Waals surface area contributed by atoms with Crippen molar-refractivity contribution in [1.82, 2.24) is 0 Å². The number of benzene rings is 8. The molecular weight excluding hydrogens is 502 g/mol. The first kappa shape index (κ1) is 22.6. The molecule has 2 heterocycles. The number of hydrogen-bond acceptors (Lipinski definition) is 0. The average molecular weight is 526 g/mol. The van der Waals surface area contributed by atoms with Gasteiger partial charge < -0.3 is 0 Å². The molecule has 0 spiro atoms. The van der Waals surface area contributed by atoms with E-state index in [2.05, 4.69) is 146 Å². The van der Waals surface area contributed by atoms with E-state index >= 15 is 0 Å². The molecule has 0 nitrogen and oxygen atoms in total. The van der Waals surface area contributed by atoms with Gasteiger partial charge in [0.05, 0.1) is 0 Å². The van der Waals surface area contributed by atoms with Gasteiger partial charge in [-0.15, -0.1) is 0 Å². The molecule has 42 heavy (non-hydrogen) atoms. The molecule has 0 aromatic heterocycles. The zero-order valence-electron chi connectivity index (χ0n) is 23.0. The van der Waals surface area contributed by atoms with E-state index in [4.69, 9.17) is 0 Å². The molecule has 0 saturated heterocycles. The molecule has 190 valence electrons. The standard InChI is InChI=1S/C40H24B2/c1-5-13-33-27(9-1)28-10-2-6-14-34(28)41(33)37-23-19-25-17-18-26-20-24-38(32-22-21-31(37)39(25)40(26)32)42-35-15-7-3-11-29(35)30-12-4-8-16-36(30)42/h1-24H. The highest BCUT2D eigenvalue weighted by Crippen LogP contribution is 2.35. The van der Waals surface area contributed by atoms with E-state index in [1.165, 1.54) is 87.3 Å². The molecule has 0 saturated carbocycles. The van der Waals surface area contributed by atoms with Crippen LogP contribution in [0.1, 0.15) is 0 Å². The largest absolute Gasteiger partial charge is 0.243 e. The quantitative estimate of drug-likeness (QED) is 0.204. The van der Waals surface area contributed by atoms with Gasteiger partial charge in [0.2, 0.25) is 13.4 Å². The predicted octanol–water partition coefficient (Wildman–Crippen LogP) is 5.58. The Morgan fingerprint density at radius 1 is 0.262 bits per heavy atom. The second-order valence-corrected chi connectivity index (χ2v) is 11.9. The molecule has 0 atom stereocenters. The Kier molecular flexibility index (Phi) is 4.43. The highest BCUT2D eigenvalue weighted by molar-refractivity contribution is 7.01. The molecule has 0 bridgehead atoms. The predicted molar refractivity (Wildman–Crippen MR) is 183 cm³/mol. The molecule has 0 fully saturated rings. The summed E-state index contributed by atoms with van der Waals surface area (Å²) < 4.78 is 0. The topological polar surface area (TPSA) is 0 Å². The molecule has 2 heteroatoms. The van der Waals surface area contributed by atoms with Crippen molar-refractivity contribution in [3.63, 3.8) is 0 Å². The Hall–Kier alpha value is -5.07. The van der Waals surface area contributed by atoms with Gasteiger partial charge in [-0.25, -0.2) is 0 Å². The fourth-order valence-corrected chi connectivity index (χ4v) is 8.33. The van der Waals surface area contributed by atoms with Crippen LogP contribution in [-0.4, -0.2) is 13.4 Å². The fourth-order valence-electron chi connectivity index (χ4n) is 8.33. The first-order valence-electron chi connectivity index (χ1n) is 14.9. The van der Waals surface area contributed by atoms with Crippen LogP contribution >= 0.6 is 0 Å². The van der Waals surface area contributed by atoms with Crippen LogP contribution in [0.15, 0.2) is 146 Å². The van der Waals surface area contributed by atoms with Crippen LogP contribution in [0.5, 0.6) is 0 Å². The van der Waals surface area contributed by atoms with Crippen molar-refractivity contribution in [3.8, 4) is 22.3 Å². The summed E-state index contributed by atoms with van der Waals surface area (Å²) in [5, 5.41) is 8.15. The summed E-state index contributed by atoms with van der Waals surface area (Å²) in [7, 11) is 0. The van der Waals surface area contributed by atoms with Gasteiger partial charge in [-0.2, -0.15) is 0 Å². The lowest BCUT2D eigenvalue weighted by Crippen LogP contribution is -2.49. The Bertz CT molecular complexity index is 2120. The normalized spacial score (nSPS) is 13.1. The van der Waals surface area contributed by atoms with Gasteiger partial charge in [-0.05, 0) is 54.6 Å². The summed E-state index contributed by atoms with van der Waals surface area (Å²) in [5.41, 5.74) is 13.9. The molecular formula is C40H24B2. The van der Waals surface area contributed by atoms with Gasteiger partial charge in [0, 0.05) is 0 Å². The van der Waals surface area contributed by atoms with E-state index in [9.17, 15) is 0 Å². The van der Waals surface area contributed by atoms with E-state index in [0.717, 1.165) is 0 Å². The van der Waals surface area contributed by atoms with E-state index in [1.807, 2.05) is 0 Å². The molecule has 0 N–H and O–H groups in total. The third-order valence-corrected chi connectivity index (χ3v) is 10.0. The van der Waals surface area contributed by atoms with Crippen molar-refractivity contribution < 1.29 is 0 Å². The zero-order chi connectivity index (χ0) is 27.4. The van der Waals surface area contributed by atoms with Gasteiger partial charge in [-0.3, -0.25) is 0 Å². The molecule has 10 rings (SSSR count). The minimum atomic E-state index is 0.232. The van der Waals surface area contributed by atoms with Crippen LogP contribution in [0.3, 0.4) is 0 Å². The SMILES string of the molecule is c1ccc2c(c1)B(c1ccc3ccc4ccc(B5c6ccccc6-c6ccccc65)c5ccc1c3c45)c1ccccc1-2. The molecule has 0 amide bonds. The monoisotopic (exact) mass is 526 g/mol. The van der Waals surface area contributed by atoms with Gasteiger partial charge in [-0.1, -0.05) is 178 Å². The molecule has 2 aliphatic rings. The summed E-state index contributed by atoms with van der Waals surface area (Å²) in [6.07, 6.45) is 0. The van der Waals surface area contributed by atoms with E-state index < -0.39 is 0 Å². The van der Waals surface area contributed by atoms with Crippen LogP contribution in [0.25, 0.3) is 54.6 Å². The van der Waals surface area contributed by atoms with Crippen molar-refractivity contribution in [2.45, 2.75) is 0 Å². The van der Waals surface area contributed by atoms with Crippen LogP contribution < -0.4 is 32.8 Å². The lowest BCUT2D eigenvalue weighted by atomic mass is 9.38. The van der Waals surface area contributed by atoms with E-state index in [1.54, 1.807) is 0 Å². The lowest BCUT2D eigenvalue weighted by Gasteiger charge is -2.20. The molecule has 0 radical (unpaired) electrons. The van der Waals surface area contributed by atoms with E-state index in [-0.39, 0.29) is 13.4 Å². The maximum absolute atomic E-state index is 2.42. The Labute approximate surface area is 245 Å². The first-order chi connectivity index (χ1) is 20.9. The van der Waals surface area contributed by atoms with Crippen molar-refractivity contribution in [1.29, 1.82) is 0 Å². The van der Waals surface area contributed by atoms with Gasteiger partial charge >= 0.3 is 0 Å². The van der Waals surface area contributed by atoms with Crippen molar-refractivity contribution in [2.75, 3.05) is 0 Å². The van der Waals surface area contributed by atoms with Crippen LogP contribution in [-0.2, 0) is 0 Å². The Morgan fingerprint density at radius 2 is 0.571 bits per heavy atom. The smallest absolute Gasteiger partial charge is 0.0664 e. The minimum absolute atomic E-state index is 0.232. The van der Waals surface area contributed by atoms with Crippen LogP contribution in [0, 0.1) is 0 Å². The molecule has 2 aliphatic heterocycles. The maximum Gasteiger partial charge on any atom is 0.243 e. The second kappa shape index (κ2) is 8.24. The zero-order valence-corrected chi connectivity index (χ0v) is 23.0. The van der Waals surface area contributed by atoms with Crippen molar-refractivity contribution >= 4 is 78.5 Å². The van der Waals surface area contributed by atoms with Crippen LogP contribution in [0.4, 0.5) is 0 Å². The van der Waals surface area contributed by atoms with Crippen molar-refractivity contribution in [2.24, 2.45) is 0 Å². The lowest BCUT2D eigenvalue weighted by molar-refractivity contribution is 1.71. The third kappa shape index (κ3) is 2.84. The summed E-state index contributed by atoms with van der Waals surface area (Å²) >= 11 is 0. The van der Waals surface area contributed by atoms with Crippen LogP contribution in [0.2, 0.25) is 0 Å². The van der Waals surface area contributed by atoms with Gasteiger partial charge in [0.1, 0.15) is 0 Å². The second-order valence-electron chi connectivity index (χ2n) is 11.9. The number of hydrogen-bond donors (Lipinski definition) is 0. The summed E-state index contributed by atoms with van der Waals surface area (Å²) in [6, 6.07) is 54.8. The average Bonchev–Trinajstić information content (AvgIpc) is 3.57. The molecule has 8 aromatic rings. The highest BCUT2D eigenvalue weighted by atomic mass is 14.2. The van der Waals surface area contributed by atoms with Gasteiger partial charge in [0.25, 0.3) is 0 Å². The highest BCUT2D eigenvalue weighted by Gasteiger charge is 2.36. The first-order valence-corrected chi connectivity index (χ1v) is 14.9. The third-order valence-electron chi connectivity index (χ3n) is 10.0. The number of fused-ring (bicyclic) bond motifs is 6. The molecule has 0 unspecified atom stereocenters. The maximum atomic E-state index is 2.42. The Balaban J connectivity index is 1.27. The summed E-state index contributed by atoms with van der Waals surface area (Å²) in [6.45, 7) is 0.463. The molecule has 8 aromatic carbocycles. The minimum Gasteiger partial charge on any atom is -0.0664 e. The summed E-state index contributed by atoms with van der Waals surface area (Å²) in [4.78, 5) is 0. The number of rotatable bonds is 2. The van der Waals surface area contributed by atoms with E-state index in [0.29, 0.717) is 0 Å². The summed E-state index contributed by atoms with van der Waals surface area (Å²) in [5.74, 6) is 0. The Morgan fingerprint density at radius 3 is 0.929 bits per heavy atom. The van der Waals surface area contributed by atoms with Gasteiger partial charge in [0.15, 0.2) is 0 Å². The van der Waals surface area contributed by atoms with Crippen molar-refractivity contribution in [3.05, 3.63) is 146 Å². The fraction of sp³-hybridized carbons (Fsp3) is 0. The molecule has 0 aliphatic carbocycles.